The van der Waals surface area contributed by atoms with Crippen LogP contribution in [0.4, 0.5) is 13.2 Å². The van der Waals surface area contributed by atoms with Crippen LogP contribution in [0, 0.1) is 5.92 Å². The van der Waals surface area contributed by atoms with Crippen LogP contribution in [-0.2, 0) is 22.6 Å². The fourth-order valence-corrected chi connectivity index (χ4v) is 2.22. The Kier molecular flexibility index (Phi) is 8.18. The second-order valence-electron chi connectivity index (χ2n) is 6.30. The van der Waals surface area contributed by atoms with Gasteiger partial charge in [-0.3, -0.25) is 4.99 Å². The lowest BCUT2D eigenvalue weighted by atomic mass is 10.1. The zero-order valence-electron chi connectivity index (χ0n) is 14.9. The number of hydrogen-bond donors (Lipinski definition) is 2. The number of benzene rings is 1. The van der Waals surface area contributed by atoms with Crippen LogP contribution in [0.5, 0.6) is 0 Å². The molecule has 1 aromatic carbocycles. The SMILES string of the molecule is CN=C(NCCOCC1CC1)NCc1ccc(COCC(F)(F)F)cc1. The monoisotopic (exact) mass is 373 g/mol. The first-order valence-corrected chi connectivity index (χ1v) is 8.71. The van der Waals surface area contributed by atoms with Crippen molar-refractivity contribution in [1.82, 2.24) is 10.6 Å². The minimum Gasteiger partial charge on any atom is -0.379 e. The van der Waals surface area contributed by atoms with Gasteiger partial charge in [0.05, 0.1) is 13.2 Å². The van der Waals surface area contributed by atoms with Gasteiger partial charge in [-0.15, -0.1) is 0 Å². The van der Waals surface area contributed by atoms with Gasteiger partial charge in [-0.25, -0.2) is 0 Å². The third-order valence-corrected chi connectivity index (χ3v) is 3.83. The van der Waals surface area contributed by atoms with Gasteiger partial charge in [0.1, 0.15) is 6.61 Å². The van der Waals surface area contributed by atoms with Crippen molar-refractivity contribution in [3.05, 3.63) is 35.4 Å². The minimum absolute atomic E-state index is 0.0582. The molecule has 146 valence electrons. The number of nitrogens with zero attached hydrogens (tertiary/aromatic N) is 1. The highest BCUT2D eigenvalue weighted by Gasteiger charge is 2.27. The molecule has 1 aromatic rings. The Morgan fingerprint density at radius 2 is 1.81 bits per heavy atom. The van der Waals surface area contributed by atoms with Crippen LogP contribution >= 0.6 is 0 Å². The molecule has 0 unspecified atom stereocenters. The number of guanidine groups is 1. The molecule has 0 aliphatic heterocycles. The molecule has 0 bridgehead atoms. The highest BCUT2D eigenvalue weighted by Crippen LogP contribution is 2.28. The number of aliphatic imine (C=N–C) groups is 1. The van der Waals surface area contributed by atoms with E-state index in [9.17, 15) is 13.2 Å². The number of nitrogens with one attached hydrogen (secondary N) is 2. The summed E-state index contributed by atoms with van der Waals surface area (Å²) in [5.41, 5.74) is 1.70. The largest absolute Gasteiger partial charge is 0.411 e. The third kappa shape index (κ3) is 9.05. The van der Waals surface area contributed by atoms with E-state index in [0.29, 0.717) is 31.2 Å². The van der Waals surface area contributed by atoms with Crippen molar-refractivity contribution in [2.45, 2.75) is 32.2 Å². The van der Waals surface area contributed by atoms with Crippen LogP contribution in [0.1, 0.15) is 24.0 Å². The summed E-state index contributed by atoms with van der Waals surface area (Å²) >= 11 is 0. The zero-order chi connectivity index (χ0) is 18.8. The minimum atomic E-state index is -4.30. The van der Waals surface area contributed by atoms with Crippen LogP contribution in [-0.4, -0.2) is 45.5 Å². The Bertz CT molecular complexity index is 558. The average Bonchev–Trinajstić information content (AvgIpc) is 3.42. The summed E-state index contributed by atoms with van der Waals surface area (Å²) in [6.45, 7) is 1.44. The van der Waals surface area contributed by atoms with Gasteiger partial charge in [-0.2, -0.15) is 13.2 Å². The van der Waals surface area contributed by atoms with Gasteiger partial charge in [-0.05, 0) is 29.9 Å². The molecule has 0 atom stereocenters. The molecule has 5 nitrogen and oxygen atoms in total. The van der Waals surface area contributed by atoms with Gasteiger partial charge in [-0.1, -0.05) is 24.3 Å². The Balaban J connectivity index is 1.62. The van der Waals surface area contributed by atoms with Gasteiger partial charge in [0.15, 0.2) is 5.96 Å². The molecule has 1 fully saturated rings. The fourth-order valence-electron chi connectivity index (χ4n) is 2.22. The summed E-state index contributed by atoms with van der Waals surface area (Å²) in [5.74, 6) is 1.44. The first-order valence-electron chi connectivity index (χ1n) is 8.71. The molecule has 2 N–H and O–H groups in total. The topological polar surface area (TPSA) is 54.9 Å². The lowest BCUT2D eigenvalue weighted by Gasteiger charge is -2.12. The first kappa shape index (κ1) is 20.5. The van der Waals surface area contributed by atoms with E-state index in [-0.39, 0.29) is 6.61 Å². The normalized spacial score (nSPS) is 15.2. The molecule has 0 amide bonds. The Morgan fingerprint density at radius 1 is 1.12 bits per heavy atom. The van der Waals surface area contributed by atoms with Crippen LogP contribution in [0.2, 0.25) is 0 Å². The Morgan fingerprint density at radius 3 is 2.42 bits per heavy atom. The maximum Gasteiger partial charge on any atom is 0.411 e. The van der Waals surface area contributed by atoms with Crippen molar-refractivity contribution in [2.24, 2.45) is 10.9 Å². The van der Waals surface area contributed by atoms with Crippen molar-refractivity contribution in [2.75, 3.05) is 33.4 Å². The summed E-state index contributed by atoms with van der Waals surface area (Å²) < 4.78 is 46.3. The van der Waals surface area contributed by atoms with Gasteiger partial charge < -0.3 is 20.1 Å². The Labute approximate surface area is 152 Å². The van der Waals surface area contributed by atoms with E-state index in [2.05, 4.69) is 20.4 Å². The molecule has 0 radical (unpaired) electrons. The van der Waals surface area contributed by atoms with Gasteiger partial charge in [0, 0.05) is 26.7 Å². The zero-order valence-corrected chi connectivity index (χ0v) is 14.9. The van der Waals surface area contributed by atoms with E-state index in [0.717, 1.165) is 18.1 Å². The van der Waals surface area contributed by atoms with Gasteiger partial charge in [0.25, 0.3) is 0 Å². The Hall–Kier alpha value is -1.80. The molecule has 0 aromatic heterocycles. The van der Waals surface area contributed by atoms with Crippen molar-refractivity contribution in [1.29, 1.82) is 0 Å². The molecule has 0 heterocycles. The molecular weight excluding hydrogens is 347 g/mol. The standard InChI is InChI=1S/C18H26F3N3O2/c1-22-17(23-8-9-25-11-15-6-7-15)24-10-14-2-4-16(5-3-14)12-26-13-18(19,20)21/h2-5,15H,6-13H2,1H3,(H2,22,23,24). The number of ether oxygens (including phenoxy) is 2. The quantitative estimate of drug-likeness (QED) is 0.376. The van der Waals surface area contributed by atoms with Gasteiger partial charge >= 0.3 is 6.18 Å². The van der Waals surface area contributed by atoms with Crippen LogP contribution < -0.4 is 10.6 Å². The number of rotatable bonds is 10. The van der Waals surface area contributed by atoms with Crippen molar-refractivity contribution >= 4 is 5.96 Å². The summed E-state index contributed by atoms with van der Waals surface area (Å²) in [4.78, 5) is 4.14. The van der Waals surface area contributed by atoms with E-state index in [1.54, 1.807) is 19.2 Å². The second kappa shape index (κ2) is 10.4. The molecule has 2 rings (SSSR count). The maximum atomic E-state index is 12.0. The van der Waals surface area contributed by atoms with E-state index < -0.39 is 12.8 Å². The number of hydrogen-bond acceptors (Lipinski definition) is 3. The summed E-state index contributed by atoms with van der Waals surface area (Å²) in [6, 6.07) is 7.22. The maximum absolute atomic E-state index is 12.0. The van der Waals surface area contributed by atoms with E-state index in [1.165, 1.54) is 12.8 Å². The molecular formula is C18H26F3N3O2. The van der Waals surface area contributed by atoms with Gasteiger partial charge in [0.2, 0.25) is 0 Å². The number of halogens is 3. The second-order valence-corrected chi connectivity index (χ2v) is 6.30. The van der Waals surface area contributed by atoms with Crippen molar-refractivity contribution in [3.63, 3.8) is 0 Å². The average molecular weight is 373 g/mol. The van der Waals surface area contributed by atoms with E-state index >= 15 is 0 Å². The first-order chi connectivity index (χ1) is 12.5. The van der Waals surface area contributed by atoms with Crippen molar-refractivity contribution < 1.29 is 22.6 Å². The highest BCUT2D eigenvalue weighted by atomic mass is 19.4. The molecule has 1 aliphatic carbocycles. The molecule has 0 saturated heterocycles. The molecule has 1 aliphatic rings. The van der Waals surface area contributed by atoms with Crippen LogP contribution in [0.3, 0.4) is 0 Å². The van der Waals surface area contributed by atoms with Crippen LogP contribution in [0.25, 0.3) is 0 Å². The highest BCUT2D eigenvalue weighted by molar-refractivity contribution is 5.79. The van der Waals surface area contributed by atoms with E-state index in [1.807, 2.05) is 12.1 Å². The predicted octanol–water partition coefficient (Wildman–Crippen LogP) is 2.86. The predicted molar refractivity (Wildman–Crippen MR) is 93.9 cm³/mol. The molecule has 26 heavy (non-hydrogen) atoms. The molecule has 8 heteroatoms. The van der Waals surface area contributed by atoms with Crippen LogP contribution in [0.15, 0.2) is 29.3 Å². The molecule has 1 saturated carbocycles. The van der Waals surface area contributed by atoms with Crippen molar-refractivity contribution in [3.8, 4) is 0 Å². The summed E-state index contributed by atoms with van der Waals surface area (Å²) in [5, 5.41) is 6.36. The van der Waals surface area contributed by atoms with E-state index in [4.69, 9.17) is 4.74 Å². The number of alkyl halides is 3. The lowest BCUT2D eigenvalue weighted by Crippen LogP contribution is -2.38. The summed E-state index contributed by atoms with van der Waals surface area (Å²) in [7, 11) is 1.70. The fraction of sp³-hybridized carbons (Fsp3) is 0.611. The lowest BCUT2D eigenvalue weighted by molar-refractivity contribution is -0.176. The molecule has 0 spiro atoms. The summed E-state index contributed by atoms with van der Waals surface area (Å²) in [6.07, 6.45) is -1.73. The smallest absolute Gasteiger partial charge is 0.379 e. The third-order valence-electron chi connectivity index (χ3n) is 3.83.